The van der Waals surface area contributed by atoms with Crippen LogP contribution in [-0.2, 0) is 8.85 Å². The van der Waals surface area contributed by atoms with Gasteiger partial charge >= 0.3 is 0 Å². The predicted octanol–water partition coefficient (Wildman–Crippen LogP) is 6.98. The molecule has 0 unspecified atom stereocenters. The highest BCUT2D eigenvalue weighted by atomic mass is 28.4. The molecular formula is C21H44O2Si2. The molecule has 0 radical (unpaired) electrons. The van der Waals surface area contributed by atoms with E-state index in [-0.39, 0.29) is 27.2 Å². The Kier molecular flexibility index (Phi) is 5.13. The Morgan fingerprint density at radius 3 is 1.72 bits per heavy atom. The van der Waals surface area contributed by atoms with Crippen LogP contribution < -0.4 is 0 Å². The molecule has 2 aliphatic rings. The summed E-state index contributed by atoms with van der Waals surface area (Å²) in [5.41, 5.74) is 0.190. The van der Waals surface area contributed by atoms with E-state index < -0.39 is 16.6 Å². The van der Waals surface area contributed by atoms with Crippen LogP contribution >= 0.6 is 0 Å². The van der Waals surface area contributed by atoms with E-state index in [1.165, 1.54) is 19.3 Å². The molecular weight excluding hydrogens is 340 g/mol. The zero-order chi connectivity index (χ0) is 19.7. The molecule has 0 bridgehead atoms. The van der Waals surface area contributed by atoms with Gasteiger partial charge in [-0.05, 0) is 55.0 Å². The molecule has 3 atom stereocenters. The van der Waals surface area contributed by atoms with Crippen LogP contribution in [-0.4, -0.2) is 28.3 Å². The fourth-order valence-electron chi connectivity index (χ4n) is 4.32. The smallest absolute Gasteiger partial charge is 0.193 e. The summed E-state index contributed by atoms with van der Waals surface area (Å²) >= 11 is 0. The third-order valence-electron chi connectivity index (χ3n) is 8.22. The largest absolute Gasteiger partial charge is 0.411 e. The number of fused-ring (bicyclic) bond motifs is 1. The molecule has 0 saturated heterocycles. The van der Waals surface area contributed by atoms with E-state index in [9.17, 15) is 0 Å². The molecule has 0 spiro atoms. The Labute approximate surface area is 159 Å². The maximum absolute atomic E-state index is 7.23. The van der Waals surface area contributed by atoms with Crippen LogP contribution in [0.1, 0.15) is 74.7 Å². The lowest BCUT2D eigenvalue weighted by molar-refractivity contribution is -0.0290. The fourth-order valence-corrected chi connectivity index (χ4v) is 7.37. The number of hydrogen-bond donors (Lipinski definition) is 0. The average molecular weight is 385 g/mol. The normalized spacial score (nSPS) is 33.1. The van der Waals surface area contributed by atoms with Crippen molar-refractivity contribution in [1.29, 1.82) is 0 Å². The van der Waals surface area contributed by atoms with Gasteiger partial charge in [0.25, 0.3) is 0 Å². The fraction of sp³-hybridized carbons (Fsp3) is 1.00. The van der Waals surface area contributed by atoms with Crippen LogP contribution in [0.5, 0.6) is 0 Å². The summed E-state index contributed by atoms with van der Waals surface area (Å²) in [6.07, 6.45) is 4.03. The minimum Gasteiger partial charge on any atom is -0.411 e. The van der Waals surface area contributed by atoms with Crippen LogP contribution in [0.15, 0.2) is 0 Å². The van der Waals surface area contributed by atoms with Gasteiger partial charge in [0.15, 0.2) is 16.6 Å². The van der Waals surface area contributed by atoms with Crippen LogP contribution in [0.2, 0.25) is 36.3 Å². The summed E-state index contributed by atoms with van der Waals surface area (Å²) in [7, 11) is -3.64. The van der Waals surface area contributed by atoms with Gasteiger partial charge < -0.3 is 8.85 Å². The van der Waals surface area contributed by atoms with Crippen molar-refractivity contribution in [3.05, 3.63) is 0 Å². The molecule has 0 N–H and O–H groups in total. The van der Waals surface area contributed by atoms with E-state index in [0.717, 1.165) is 0 Å². The van der Waals surface area contributed by atoms with Gasteiger partial charge in [-0.1, -0.05) is 61.8 Å². The molecule has 0 amide bonds. The first kappa shape index (κ1) is 21.7. The van der Waals surface area contributed by atoms with Crippen LogP contribution in [0, 0.1) is 11.3 Å². The summed E-state index contributed by atoms with van der Waals surface area (Å²) in [5.74, 6) is 0.664. The van der Waals surface area contributed by atoms with Gasteiger partial charge in [-0.3, -0.25) is 0 Å². The topological polar surface area (TPSA) is 18.5 Å². The molecule has 2 fully saturated rings. The van der Waals surface area contributed by atoms with Crippen molar-refractivity contribution in [2.24, 2.45) is 11.3 Å². The Morgan fingerprint density at radius 1 is 0.800 bits per heavy atom. The Bertz CT molecular complexity index is 511. The lowest BCUT2D eigenvalue weighted by atomic mass is 9.94. The second-order valence-corrected chi connectivity index (χ2v) is 21.7. The Balaban J connectivity index is 2.37. The zero-order valence-electron chi connectivity index (χ0n) is 19.1. The van der Waals surface area contributed by atoms with Gasteiger partial charge in [-0.2, -0.15) is 0 Å². The molecule has 2 aliphatic carbocycles. The molecule has 0 aliphatic heterocycles. The Morgan fingerprint density at radius 2 is 1.28 bits per heavy atom. The van der Waals surface area contributed by atoms with Gasteiger partial charge in [0.05, 0.1) is 11.7 Å². The maximum Gasteiger partial charge on any atom is 0.193 e. The number of hydrogen-bond acceptors (Lipinski definition) is 2. The first-order chi connectivity index (χ1) is 10.9. The zero-order valence-corrected chi connectivity index (χ0v) is 21.1. The molecule has 2 nitrogen and oxygen atoms in total. The molecule has 2 rings (SSSR count). The molecule has 0 aromatic heterocycles. The summed E-state index contributed by atoms with van der Waals surface area (Å²) in [6, 6.07) is 0. The second kappa shape index (κ2) is 5.92. The van der Waals surface area contributed by atoms with Crippen LogP contribution in [0.4, 0.5) is 0 Å². The summed E-state index contributed by atoms with van der Waals surface area (Å²) in [5, 5.41) is 0.487. The highest BCUT2D eigenvalue weighted by Gasteiger charge is 2.78. The number of rotatable bonds is 4. The minimum absolute atomic E-state index is 0.0518. The summed E-state index contributed by atoms with van der Waals surface area (Å²) < 4.78 is 14.3. The van der Waals surface area contributed by atoms with Gasteiger partial charge in [0.2, 0.25) is 0 Å². The molecule has 4 heteroatoms. The first-order valence-electron chi connectivity index (χ1n) is 10.3. The summed E-state index contributed by atoms with van der Waals surface area (Å²) in [6.45, 7) is 28.6. The lowest BCUT2D eigenvalue weighted by Crippen LogP contribution is -2.55. The van der Waals surface area contributed by atoms with Crippen molar-refractivity contribution in [2.45, 2.75) is 123 Å². The molecule has 0 heterocycles. The third-order valence-corrected chi connectivity index (χ3v) is 17.2. The molecule has 2 saturated carbocycles. The highest BCUT2D eigenvalue weighted by molar-refractivity contribution is 6.74. The van der Waals surface area contributed by atoms with Crippen LogP contribution in [0.3, 0.4) is 0 Å². The second-order valence-electron chi connectivity index (χ2n) is 12.2. The monoisotopic (exact) mass is 384 g/mol. The highest BCUT2D eigenvalue weighted by Crippen LogP contribution is 2.72. The third kappa shape index (κ3) is 3.34. The van der Waals surface area contributed by atoms with E-state index in [2.05, 4.69) is 81.6 Å². The first-order valence-corrected chi connectivity index (χ1v) is 16.1. The van der Waals surface area contributed by atoms with Gasteiger partial charge in [-0.15, -0.1) is 0 Å². The molecule has 0 aromatic carbocycles. The average Bonchev–Trinajstić information content (AvgIpc) is 2.83. The molecule has 25 heavy (non-hydrogen) atoms. The standard InChI is InChI=1S/C21H44O2Si2/c1-18(2,3)24(9,10)22-17-15-13-14-16-20(7,8)21(16,17)23-25(11,12)19(4,5)6/h16-17H,13-15H2,1-12H3/t16-,17+,21-/m1/s1. The minimum atomic E-state index is -1.84. The van der Waals surface area contributed by atoms with E-state index >= 15 is 0 Å². The van der Waals surface area contributed by atoms with E-state index in [4.69, 9.17) is 8.85 Å². The van der Waals surface area contributed by atoms with Crippen molar-refractivity contribution in [3.63, 3.8) is 0 Å². The van der Waals surface area contributed by atoms with Crippen molar-refractivity contribution in [1.82, 2.24) is 0 Å². The van der Waals surface area contributed by atoms with Gasteiger partial charge in [-0.25, -0.2) is 0 Å². The van der Waals surface area contributed by atoms with Crippen LogP contribution in [0.25, 0.3) is 0 Å². The molecule has 148 valence electrons. The van der Waals surface area contributed by atoms with E-state index in [1.54, 1.807) is 0 Å². The lowest BCUT2D eigenvalue weighted by Gasteiger charge is -2.48. The molecule has 0 aromatic rings. The predicted molar refractivity (Wildman–Crippen MR) is 114 cm³/mol. The van der Waals surface area contributed by atoms with E-state index in [1.807, 2.05) is 0 Å². The van der Waals surface area contributed by atoms with Crippen molar-refractivity contribution < 1.29 is 8.85 Å². The Hall–Kier alpha value is 0.354. The SMILES string of the molecule is CC1(C)[C@H]2CCC[C@H](O[Si](C)(C)C(C)(C)C)[C@]21O[Si](C)(C)C(C)(C)C. The van der Waals surface area contributed by atoms with E-state index in [0.29, 0.717) is 5.92 Å². The van der Waals surface area contributed by atoms with Gasteiger partial charge in [0, 0.05) is 5.41 Å². The maximum atomic E-state index is 7.23. The van der Waals surface area contributed by atoms with Crippen molar-refractivity contribution >= 4 is 16.6 Å². The summed E-state index contributed by atoms with van der Waals surface area (Å²) in [4.78, 5) is 0. The van der Waals surface area contributed by atoms with Crippen molar-refractivity contribution in [2.75, 3.05) is 0 Å². The van der Waals surface area contributed by atoms with Crippen molar-refractivity contribution in [3.8, 4) is 0 Å². The van der Waals surface area contributed by atoms with Gasteiger partial charge in [0.1, 0.15) is 0 Å². The quantitative estimate of drug-likeness (QED) is 0.487.